The number of nitrogens with zero attached hydrogens (tertiary/aromatic N) is 3. The van der Waals surface area contributed by atoms with Crippen molar-refractivity contribution in [1.29, 1.82) is 0 Å². The van der Waals surface area contributed by atoms with E-state index in [2.05, 4.69) is 15.2 Å². The quantitative estimate of drug-likeness (QED) is 0.884. The van der Waals surface area contributed by atoms with Crippen molar-refractivity contribution in [2.75, 3.05) is 31.1 Å². The van der Waals surface area contributed by atoms with Gasteiger partial charge in [-0.2, -0.15) is 0 Å². The van der Waals surface area contributed by atoms with Crippen LogP contribution in [0.5, 0.6) is 0 Å². The second kappa shape index (κ2) is 6.52. The van der Waals surface area contributed by atoms with Crippen LogP contribution in [0.25, 0.3) is 0 Å². The fourth-order valence-electron chi connectivity index (χ4n) is 2.94. The summed E-state index contributed by atoms with van der Waals surface area (Å²) in [4.78, 5) is 32.1. The Morgan fingerprint density at radius 1 is 1.27 bits per heavy atom. The third-order valence-corrected chi connectivity index (χ3v) is 4.36. The van der Waals surface area contributed by atoms with Gasteiger partial charge in [-0.05, 0) is 25.0 Å². The van der Waals surface area contributed by atoms with Crippen molar-refractivity contribution in [3.05, 3.63) is 23.4 Å². The van der Waals surface area contributed by atoms with Gasteiger partial charge in [-0.15, -0.1) is 0 Å². The van der Waals surface area contributed by atoms with E-state index in [1.165, 1.54) is 0 Å². The first-order chi connectivity index (χ1) is 10.6. The molecule has 2 fully saturated rings. The number of hydrogen-bond acceptors (Lipinski definition) is 4. The van der Waals surface area contributed by atoms with Gasteiger partial charge in [0.15, 0.2) is 0 Å². The molecule has 2 saturated heterocycles. The van der Waals surface area contributed by atoms with Gasteiger partial charge in [-0.3, -0.25) is 9.59 Å². The molecule has 118 valence electrons. The molecule has 2 aliphatic rings. The molecule has 0 spiro atoms. The fraction of sp³-hybridized carbons (Fsp3) is 0.533. The first-order valence-corrected chi connectivity index (χ1v) is 7.96. The predicted octanol–water partition coefficient (Wildman–Crippen LogP) is 1.05. The van der Waals surface area contributed by atoms with Crippen LogP contribution in [0.3, 0.4) is 0 Å². The lowest BCUT2D eigenvalue weighted by Gasteiger charge is -2.24. The number of hydrogen-bond donors (Lipinski definition) is 1. The van der Waals surface area contributed by atoms with Crippen LogP contribution in [0.2, 0.25) is 5.02 Å². The summed E-state index contributed by atoms with van der Waals surface area (Å²) in [7, 11) is 0. The molecule has 3 rings (SSSR count). The highest BCUT2D eigenvalue weighted by Crippen LogP contribution is 2.17. The summed E-state index contributed by atoms with van der Waals surface area (Å²) in [5, 5.41) is 3.37. The van der Waals surface area contributed by atoms with Crippen molar-refractivity contribution in [3.63, 3.8) is 0 Å². The standard InChI is InChI=1S/C15H19ClN4O2/c16-11-2-4-13(17-10-11)19-6-1-7-20(9-8-19)15(22)12-3-5-14(21)18-12/h2,4,10,12H,1,3,5-9H2,(H,18,21). The Kier molecular flexibility index (Phi) is 4.47. The summed E-state index contributed by atoms with van der Waals surface area (Å²) in [6.45, 7) is 2.96. The third kappa shape index (κ3) is 3.32. The van der Waals surface area contributed by atoms with Gasteiger partial charge in [-0.25, -0.2) is 4.98 Å². The molecular weight excluding hydrogens is 304 g/mol. The summed E-state index contributed by atoms with van der Waals surface area (Å²) < 4.78 is 0. The first-order valence-electron chi connectivity index (χ1n) is 7.58. The Morgan fingerprint density at radius 3 is 2.82 bits per heavy atom. The molecule has 22 heavy (non-hydrogen) atoms. The minimum atomic E-state index is -0.340. The molecule has 3 heterocycles. The van der Waals surface area contributed by atoms with Crippen LogP contribution in [-0.2, 0) is 9.59 Å². The zero-order valence-electron chi connectivity index (χ0n) is 12.3. The Balaban J connectivity index is 1.61. The molecule has 1 aromatic heterocycles. The second-order valence-corrected chi connectivity index (χ2v) is 6.10. The van der Waals surface area contributed by atoms with Crippen molar-refractivity contribution in [3.8, 4) is 0 Å². The average Bonchev–Trinajstić information content (AvgIpc) is 2.81. The van der Waals surface area contributed by atoms with Gasteiger partial charge in [-0.1, -0.05) is 11.6 Å². The Hall–Kier alpha value is -1.82. The summed E-state index contributed by atoms with van der Waals surface area (Å²) >= 11 is 5.86. The van der Waals surface area contributed by atoms with Gasteiger partial charge in [0, 0.05) is 38.8 Å². The highest BCUT2D eigenvalue weighted by atomic mass is 35.5. The number of carbonyl (C=O) groups is 2. The lowest BCUT2D eigenvalue weighted by molar-refractivity contribution is -0.134. The highest BCUT2D eigenvalue weighted by molar-refractivity contribution is 6.30. The minimum Gasteiger partial charge on any atom is -0.355 e. The van der Waals surface area contributed by atoms with E-state index in [-0.39, 0.29) is 17.9 Å². The maximum atomic E-state index is 12.4. The largest absolute Gasteiger partial charge is 0.355 e. The summed E-state index contributed by atoms with van der Waals surface area (Å²) in [5.74, 6) is 0.893. The average molecular weight is 323 g/mol. The zero-order chi connectivity index (χ0) is 15.5. The molecule has 2 amide bonds. The van der Waals surface area contributed by atoms with Crippen molar-refractivity contribution in [2.45, 2.75) is 25.3 Å². The molecule has 1 aromatic rings. The van der Waals surface area contributed by atoms with Crippen molar-refractivity contribution >= 4 is 29.2 Å². The Labute approximate surface area is 134 Å². The van der Waals surface area contributed by atoms with Gasteiger partial charge in [0.05, 0.1) is 5.02 Å². The molecule has 1 N–H and O–H groups in total. The van der Waals surface area contributed by atoms with E-state index >= 15 is 0 Å². The SMILES string of the molecule is O=C1CCC(C(=O)N2CCCN(c3ccc(Cl)cn3)CC2)N1. The number of halogens is 1. The van der Waals surface area contributed by atoms with Crippen LogP contribution in [-0.4, -0.2) is 53.9 Å². The number of aromatic nitrogens is 1. The topological polar surface area (TPSA) is 65.5 Å². The molecule has 7 heteroatoms. The maximum Gasteiger partial charge on any atom is 0.245 e. The normalized spacial score (nSPS) is 22.4. The Bertz CT molecular complexity index is 563. The lowest BCUT2D eigenvalue weighted by atomic mass is 10.2. The van der Waals surface area contributed by atoms with Gasteiger partial charge in [0.25, 0.3) is 0 Å². The van der Waals surface area contributed by atoms with Gasteiger partial charge in [0.1, 0.15) is 11.9 Å². The first kappa shape index (κ1) is 15.1. The van der Waals surface area contributed by atoms with Gasteiger partial charge >= 0.3 is 0 Å². The van der Waals surface area contributed by atoms with E-state index < -0.39 is 0 Å². The van der Waals surface area contributed by atoms with Crippen molar-refractivity contribution in [1.82, 2.24) is 15.2 Å². The van der Waals surface area contributed by atoms with Crippen molar-refractivity contribution < 1.29 is 9.59 Å². The van der Waals surface area contributed by atoms with E-state index in [4.69, 9.17) is 11.6 Å². The van der Waals surface area contributed by atoms with Crippen LogP contribution in [0.15, 0.2) is 18.3 Å². The van der Waals surface area contributed by atoms with Crippen LogP contribution in [0.4, 0.5) is 5.82 Å². The number of anilines is 1. The molecule has 0 aliphatic carbocycles. The number of rotatable bonds is 2. The van der Waals surface area contributed by atoms with Gasteiger partial charge < -0.3 is 15.1 Å². The van der Waals surface area contributed by atoms with E-state index in [1.807, 2.05) is 17.0 Å². The zero-order valence-corrected chi connectivity index (χ0v) is 13.1. The molecule has 1 unspecified atom stereocenters. The molecule has 1 atom stereocenters. The fourth-order valence-corrected chi connectivity index (χ4v) is 3.05. The molecular formula is C15H19ClN4O2. The molecule has 0 saturated carbocycles. The number of amides is 2. The van der Waals surface area contributed by atoms with Crippen LogP contribution < -0.4 is 10.2 Å². The summed E-state index contributed by atoms with van der Waals surface area (Å²) in [5.41, 5.74) is 0. The lowest BCUT2D eigenvalue weighted by Crippen LogP contribution is -2.45. The van der Waals surface area contributed by atoms with Crippen LogP contribution in [0.1, 0.15) is 19.3 Å². The molecule has 0 radical (unpaired) electrons. The number of pyridine rings is 1. The predicted molar refractivity (Wildman–Crippen MR) is 83.8 cm³/mol. The molecule has 0 bridgehead atoms. The Morgan fingerprint density at radius 2 is 2.14 bits per heavy atom. The highest BCUT2D eigenvalue weighted by Gasteiger charge is 2.31. The smallest absolute Gasteiger partial charge is 0.245 e. The van der Waals surface area contributed by atoms with Gasteiger partial charge in [0.2, 0.25) is 11.8 Å². The second-order valence-electron chi connectivity index (χ2n) is 5.66. The molecule has 6 nitrogen and oxygen atoms in total. The summed E-state index contributed by atoms with van der Waals surface area (Å²) in [6, 6.07) is 3.38. The van der Waals surface area contributed by atoms with Crippen molar-refractivity contribution in [2.24, 2.45) is 0 Å². The minimum absolute atomic E-state index is 0.0276. The van der Waals surface area contributed by atoms with Crippen LogP contribution in [0, 0.1) is 0 Å². The number of nitrogens with one attached hydrogen (secondary N) is 1. The monoisotopic (exact) mass is 322 g/mol. The third-order valence-electron chi connectivity index (χ3n) is 4.14. The van der Waals surface area contributed by atoms with E-state index in [1.54, 1.807) is 6.20 Å². The maximum absolute atomic E-state index is 12.4. The number of carbonyl (C=O) groups excluding carboxylic acids is 2. The molecule has 0 aromatic carbocycles. The van der Waals surface area contributed by atoms with E-state index in [9.17, 15) is 9.59 Å². The molecule has 2 aliphatic heterocycles. The van der Waals surface area contributed by atoms with E-state index in [0.29, 0.717) is 24.4 Å². The summed E-state index contributed by atoms with van der Waals surface area (Å²) in [6.07, 6.45) is 3.58. The van der Waals surface area contributed by atoms with Crippen LogP contribution >= 0.6 is 11.6 Å². The van der Waals surface area contributed by atoms with E-state index in [0.717, 1.165) is 31.9 Å².